The lowest BCUT2D eigenvalue weighted by molar-refractivity contribution is -0.0316. The van der Waals surface area contributed by atoms with Gasteiger partial charge >= 0.3 is 26.5 Å². The Morgan fingerprint density at radius 3 is 2.65 bits per heavy atom. The number of amides is 2. The number of sulfonamides is 1. The van der Waals surface area contributed by atoms with E-state index in [0.29, 0.717) is 5.06 Å². The summed E-state index contributed by atoms with van der Waals surface area (Å²) in [6, 6.07) is -2.38. The lowest BCUT2D eigenvalue weighted by Crippen LogP contribution is -2.48. The van der Waals surface area contributed by atoms with Crippen LogP contribution in [0.25, 0.3) is 0 Å². The second-order valence-electron chi connectivity index (χ2n) is 5.70. The van der Waals surface area contributed by atoms with Crippen LogP contribution in [0.4, 0.5) is 4.79 Å². The van der Waals surface area contributed by atoms with E-state index in [1.165, 1.54) is 18.1 Å². The maximum atomic E-state index is 12.3. The summed E-state index contributed by atoms with van der Waals surface area (Å²) in [5, 5.41) is 3.63. The Bertz CT molecular complexity index is 970. The number of aryl methyl sites for hydroxylation is 1. The van der Waals surface area contributed by atoms with E-state index in [-0.39, 0.29) is 25.2 Å². The molecule has 0 radical (unpaired) electrons. The Labute approximate surface area is 148 Å². The number of hydrogen-bond acceptors (Lipinski definition) is 8. The van der Waals surface area contributed by atoms with E-state index >= 15 is 0 Å². The third kappa shape index (κ3) is 3.48. The first-order chi connectivity index (χ1) is 12.0. The molecule has 2 aliphatic rings. The first-order valence-corrected chi connectivity index (χ1v) is 10.0. The zero-order chi connectivity index (χ0) is 19.3. The highest BCUT2D eigenvalue weighted by Crippen LogP contribution is 2.31. The van der Waals surface area contributed by atoms with Gasteiger partial charge in [0.15, 0.2) is 0 Å². The van der Waals surface area contributed by atoms with Crippen molar-refractivity contribution in [1.29, 1.82) is 0 Å². The third-order valence-electron chi connectivity index (χ3n) is 3.87. The highest BCUT2D eigenvalue weighted by Gasteiger charge is 2.48. The standard InChI is InChI=1S/C10H15N7O7S2/c1-15-5-12-9(13-15)25(19,20)14-8(11)7-3-2-6-4-16(7)10(18)17(6)24-26(21,22)23/h5-7H,2-4H2,1H3,(H2,11,14)(H,21,22,23)/t6-,7+/m1/s1. The Morgan fingerprint density at radius 1 is 1.38 bits per heavy atom. The number of hydrogen-bond donors (Lipinski definition) is 2. The molecular weight excluding hydrogens is 394 g/mol. The average molecular weight is 409 g/mol. The highest BCUT2D eigenvalue weighted by atomic mass is 32.3. The summed E-state index contributed by atoms with van der Waals surface area (Å²) in [6.07, 6.45) is 1.67. The van der Waals surface area contributed by atoms with E-state index in [1.54, 1.807) is 0 Å². The Hall–Kier alpha value is -2.30. The van der Waals surface area contributed by atoms with Gasteiger partial charge in [0.2, 0.25) is 0 Å². The largest absolute Gasteiger partial charge is 0.418 e. The maximum absolute atomic E-state index is 12.3. The minimum absolute atomic E-state index is 0.0388. The molecule has 2 aliphatic heterocycles. The number of fused-ring (bicyclic) bond motifs is 2. The molecule has 2 atom stereocenters. The number of piperidine rings is 1. The van der Waals surface area contributed by atoms with Crippen LogP contribution in [0.15, 0.2) is 15.9 Å². The predicted molar refractivity (Wildman–Crippen MR) is 83.2 cm³/mol. The van der Waals surface area contributed by atoms with Gasteiger partial charge < -0.3 is 10.6 Å². The number of aromatic nitrogens is 3. The average Bonchev–Trinajstić information content (AvgIpc) is 3.05. The fourth-order valence-electron chi connectivity index (χ4n) is 2.82. The summed E-state index contributed by atoms with van der Waals surface area (Å²) >= 11 is 0. The van der Waals surface area contributed by atoms with E-state index in [9.17, 15) is 21.6 Å². The summed E-state index contributed by atoms with van der Waals surface area (Å²) < 4.78 is 63.8. The van der Waals surface area contributed by atoms with Gasteiger partial charge in [0.25, 0.3) is 5.16 Å². The van der Waals surface area contributed by atoms with E-state index < -0.39 is 43.7 Å². The minimum atomic E-state index is -4.88. The van der Waals surface area contributed by atoms with E-state index in [1.807, 2.05) is 0 Å². The molecule has 2 fully saturated rings. The Balaban J connectivity index is 1.84. The van der Waals surface area contributed by atoms with Crippen LogP contribution in [0, 0.1) is 0 Å². The van der Waals surface area contributed by atoms with Gasteiger partial charge in [0.1, 0.15) is 12.2 Å². The molecule has 26 heavy (non-hydrogen) atoms. The molecule has 2 saturated heterocycles. The SMILES string of the molecule is Cn1cnc(S(=O)(=O)N=C(N)[C@@H]2CC[C@@H]3CN2C(=O)N3OS(=O)(=O)O)n1. The van der Waals surface area contributed by atoms with E-state index in [0.717, 1.165) is 4.90 Å². The van der Waals surface area contributed by atoms with Gasteiger partial charge in [0, 0.05) is 13.6 Å². The van der Waals surface area contributed by atoms with Crippen molar-refractivity contribution in [3.05, 3.63) is 6.33 Å². The van der Waals surface area contributed by atoms with Crippen molar-refractivity contribution in [2.24, 2.45) is 17.2 Å². The number of carbonyl (C=O) groups is 1. The first kappa shape index (κ1) is 18.5. The van der Waals surface area contributed by atoms with Gasteiger partial charge in [-0.25, -0.2) is 9.78 Å². The minimum Gasteiger partial charge on any atom is -0.385 e. The first-order valence-electron chi connectivity index (χ1n) is 7.21. The molecule has 3 heterocycles. The molecule has 3 rings (SSSR count). The normalized spacial score (nSPS) is 24.4. The molecule has 0 spiro atoms. The van der Waals surface area contributed by atoms with Gasteiger partial charge in [-0.2, -0.15) is 21.9 Å². The zero-order valence-electron chi connectivity index (χ0n) is 13.3. The number of nitrogens with zero attached hydrogens (tertiary/aromatic N) is 6. The topological polar surface area (TPSA) is 190 Å². The molecular formula is C10H15N7O7S2. The zero-order valence-corrected chi connectivity index (χ0v) is 15.0. The van der Waals surface area contributed by atoms with Gasteiger partial charge in [-0.3, -0.25) is 9.23 Å². The fourth-order valence-corrected chi connectivity index (χ4v) is 4.10. The number of hydroxylamine groups is 2. The predicted octanol–water partition coefficient (Wildman–Crippen LogP) is -2.14. The van der Waals surface area contributed by atoms with Crippen LogP contribution >= 0.6 is 0 Å². The molecule has 2 amide bonds. The summed E-state index contributed by atoms with van der Waals surface area (Å²) in [7, 11) is -7.66. The second kappa shape index (κ2) is 6.15. The van der Waals surface area contributed by atoms with Crippen molar-refractivity contribution in [3.8, 4) is 0 Å². The van der Waals surface area contributed by atoms with E-state index in [4.69, 9.17) is 10.3 Å². The van der Waals surface area contributed by atoms with Crippen molar-refractivity contribution >= 4 is 32.3 Å². The number of carbonyl (C=O) groups excluding carboxylic acids is 1. The summed E-state index contributed by atoms with van der Waals surface area (Å²) in [5.41, 5.74) is 5.79. The van der Waals surface area contributed by atoms with Gasteiger partial charge in [0.05, 0.1) is 12.1 Å². The molecule has 3 N–H and O–H groups in total. The van der Waals surface area contributed by atoms with Crippen LogP contribution in [-0.2, 0) is 31.8 Å². The van der Waals surface area contributed by atoms with Crippen LogP contribution in [0.1, 0.15) is 12.8 Å². The Morgan fingerprint density at radius 2 is 2.08 bits per heavy atom. The van der Waals surface area contributed by atoms with Crippen molar-refractivity contribution in [2.75, 3.05) is 6.54 Å². The number of urea groups is 1. The molecule has 0 saturated carbocycles. The van der Waals surface area contributed by atoms with Gasteiger partial charge in [-0.1, -0.05) is 0 Å². The summed E-state index contributed by atoms with van der Waals surface area (Å²) in [5.74, 6) is -0.363. The quantitative estimate of drug-likeness (QED) is 0.308. The lowest BCUT2D eigenvalue weighted by Gasteiger charge is -2.29. The third-order valence-corrected chi connectivity index (χ3v) is 5.32. The van der Waals surface area contributed by atoms with Gasteiger partial charge in [-0.15, -0.1) is 13.8 Å². The van der Waals surface area contributed by atoms with Crippen LogP contribution < -0.4 is 5.73 Å². The molecule has 2 bridgehead atoms. The second-order valence-corrected chi connectivity index (χ2v) is 8.20. The highest BCUT2D eigenvalue weighted by molar-refractivity contribution is 7.90. The Kier molecular flexibility index (Phi) is 4.37. The maximum Gasteiger partial charge on any atom is 0.418 e. The molecule has 144 valence electrons. The van der Waals surface area contributed by atoms with Crippen molar-refractivity contribution in [2.45, 2.75) is 30.1 Å². The molecule has 14 nitrogen and oxygen atoms in total. The van der Waals surface area contributed by atoms with Gasteiger partial charge in [-0.05, 0) is 12.8 Å². The molecule has 0 aliphatic carbocycles. The summed E-state index contributed by atoms with van der Waals surface area (Å²) in [6.45, 7) is 0.0388. The summed E-state index contributed by atoms with van der Waals surface area (Å²) in [4.78, 5) is 17.0. The molecule has 0 aromatic carbocycles. The molecule has 1 aromatic heterocycles. The fraction of sp³-hybridized carbons (Fsp3) is 0.600. The monoisotopic (exact) mass is 409 g/mol. The van der Waals surface area contributed by atoms with E-state index in [2.05, 4.69) is 18.8 Å². The van der Waals surface area contributed by atoms with Crippen LogP contribution in [-0.4, -0.2) is 76.6 Å². The van der Waals surface area contributed by atoms with Crippen LogP contribution in [0.5, 0.6) is 0 Å². The smallest absolute Gasteiger partial charge is 0.385 e. The number of rotatable bonds is 5. The molecule has 16 heteroatoms. The van der Waals surface area contributed by atoms with Crippen molar-refractivity contribution in [3.63, 3.8) is 0 Å². The number of nitrogens with two attached hydrogens (primary N) is 1. The van der Waals surface area contributed by atoms with Crippen LogP contribution in [0.3, 0.4) is 0 Å². The molecule has 1 aromatic rings. The van der Waals surface area contributed by atoms with Crippen LogP contribution in [0.2, 0.25) is 0 Å². The van der Waals surface area contributed by atoms with Crippen molar-refractivity contribution in [1.82, 2.24) is 24.7 Å². The lowest BCUT2D eigenvalue weighted by atomic mass is 10.0. The molecule has 0 unspecified atom stereocenters. The van der Waals surface area contributed by atoms with Crippen molar-refractivity contribution < 1.29 is 30.5 Å². The number of amidine groups is 1.